The van der Waals surface area contributed by atoms with E-state index in [9.17, 15) is 14.9 Å². The summed E-state index contributed by atoms with van der Waals surface area (Å²) in [6.07, 6.45) is 0. The maximum Gasteiger partial charge on any atom is 0.271 e. The quantitative estimate of drug-likeness (QED) is 0.588. The Morgan fingerprint density at radius 3 is 2.83 bits per heavy atom. The fourth-order valence-corrected chi connectivity index (χ4v) is 1.34. The molecular weight excluding hydrogens is 264 g/mol. The molecule has 7 nitrogen and oxygen atoms in total. The van der Waals surface area contributed by atoms with E-state index in [2.05, 4.69) is 5.32 Å². The second kappa shape index (κ2) is 6.77. The summed E-state index contributed by atoms with van der Waals surface area (Å²) in [4.78, 5) is 21.1. The zero-order valence-electron chi connectivity index (χ0n) is 9.26. The van der Waals surface area contributed by atoms with Crippen LogP contribution < -0.4 is 10.1 Å². The van der Waals surface area contributed by atoms with Crippen molar-refractivity contribution in [2.75, 3.05) is 19.8 Å². The molecule has 0 bridgehead atoms. The van der Waals surface area contributed by atoms with Crippen LogP contribution >= 0.6 is 11.6 Å². The molecule has 0 aliphatic carbocycles. The van der Waals surface area contributed by atoms with Crippen LogP contribution in [-0.4, -0.2) is 35.7 Å². The van der Waals surface area contributed by atoms with E-state index in [0.717, 1.165) is 6.07 Å². The smallest absolute Gasteiger partial charge is 0.271 e. The molecule has 0 aliphatic heterocycles. The van der Waals surface area contributed by atoms with Crippen molar-refractivity contribution in [3.05, 3.63) is 33.3 Å². The number of hydrogen-bond donors (Lipinski definition) is 2. The molecule has 0 atom stereocenters. The van der Waals surface area contributed by atoms with Crippen LogP contribution in [0.1, 0.15) is 0 Å². The predicted octanol–water partition coefficient (Wildman–Crippen LogP) is 0.735. The number of rotatable bonds is 6. The topological polar surface area (TPSA) is 102 Å². The number of benzene rings is 1. The van der Waals surface area contributed by atoms with Gasteiger partial charge in [0.1, 0.15) is 5.75 Å². The van der Waals surface area contributed by atoms with Crippen LogP contribution in [0, 0.1) is 10.1 Å². The minimum Gasteiger partial charge on any atom is -0.482 e. The van der Waals surface area contributed by atoms with Gasteiger partial charge in [-0.1, -0.05) is 11.6 Å². The maximum absolute atomic E-state index is 11.2. The second-order valence-corrected chi connectivity index (χ2v) is 3.64. The number of amides is 1. The molecular formula is C10H11ClN2O5. The molecule has 1 aromatic rings. The highest BCUT2D eigenvalue weighted by Crippen LogP contribution is 2.28. The van der Waals surface area contributed by atoms with Crippen LogP contribution in [0.15, 0.2) is 18.2 Å². The van der Waals surface area contributed by atoms with Gasteiger partial charge in [0.2, 0.25) is 0 Å². The molecule has 8 heteroatoms. The van der Waals surface area contributed by atoms with Crippen LogP contribution in [0.5, 0.6) is 5.75 Å². The van der Waals surface area contributed by atoms with E-state index in [1.807, 2.05) is 0 Å². The summed E-state index contributed by atoms with van der Waals surface area (Å²) in [6, 6.07) is 3.69. The molecule has 0 aromatic heterocycles. The molecule has 0 spiro atoms. The number of halogens is 1. The lowest BCUT2D eigenvalue weighted by Crippen LogP contribution is -2.31. The molecule has 18 heavy (non-hydrogen) atoms. The van der Waals surface area contributed by atoms with Gasteiger partial charge in [0.05, 0.1) is 16.6 Å². The zero-order valence-corrected chi connectivity index (χ0v) is 10.0. The Balaban J connectivity index is 2.58. The van der Waals surface area contributed by atoms with Crippen molar-refractivity contribution in [1.82, 2.24) is 5.32 Å². The van der Waals surface area contributed by atoms with Crippen molar-refractivity contribution >= 4 is 23.2 Å². The van der Waals surface area contributed by atoms with E-state index >= 15 is 0 Å². The van der Waals surface area contributed by atoms with Gasteiger partial charge in [-0.05, 0) is 6.07 Å². The van der Waals surface area contributed by atoms with E-state index < -0.39 is 10.8 Å². The van der Waals surface area contributed by atoms with E-state index in [4.69, 9.17) is 21.4 Å². The molecule has 1 aromatic carbocycles. The minimum absolute atomic E-state index is 0.0548. The summed E-state index contributed by atoms with van der Waals surface area (Å²) in [6.45, 7) is -0.308. The van der Waals surface area contributed by atoms with Crippen LogP contribution in [0.3, 0.4) is 0 Å². The van der Waals surface area contributed by atoms with Gasteiger partial charge in [0.25, 0.3) is 11.6 Å². The van der Waals surface area contributed by atoms with Crippen molar-refractivity contribution in [1.29, 1.82) is 0 Å². The molecule has 1 rings (SSSR count). The van der Waals surface area contributed by atoms with Gasteiger partial charge in [-0.15, -0.1) is 0 Å². The van der Waals surface area contributed by atoms with Crippen LogP contribution in [0.4, 0.5) is 5.69 Å². The average Bonchev–Trinajstić information content (AvgIpc) is 2.34. The molecule has 1 amide bonds. The Bertz CT molecular complexity index is 452. The van der Waals surface area contributed by atoms with Crippen LogP contribution in [0.25, 0.3) is 0 Å². The number of non-ortho nitro benzene ring substituents is 1. The number of nitro groups is 1. The summed E-state index contributed by atoms with van der Waals surface area (Å²) < 4.78 is 5.08. The molecule has 0 saturated carbocycles. The Hall–Kier alpha value is -1.86. The molecule has 0 radical (unpaired) electrons. The number of aliphatic hydroxyl groups is 1. The predicted molar refractivity (Wildman–Crippen MR) is 63.7 cm³/mol. The molecule has 0 aliphatic rings. The van der Waals surface area contributed by atoms with Crippen molar-refractivity contribution in [3.63, 3.8) is 0 Å². The second-order valence-electron chi connectivity index (χ2n) is 3.23. The first-order chi connectivity index (χ1) is 8.54. The monoisotopic (exact) mass is 274 g/mol. The number of nitrogens with one attached hydrogen (secondary N) is 1. The Morgan fingerprint density at radius 1 is 1.56 bits per heavy atom. The summed E-state index contributed by atoms with van der Waals surface area (Å²) >= 11 is 5.76. The Labute approximate surface area is 107 Å². The van der Waals surface area contributed by atoms with Gasteiger partial charge in [-0.2, -0.15) is 0 Å². The first kappa shape index (κ1) is 14.2. The first-order valence-electron chi connectivity index (χ1n) is 4.99. The SMILES string of the molecule is O=C(COc1ccc([N+](=O)[O-])cc1Cl)NCCO. The Kier molecular flexibility index (Phi) is 5.34. The number of hydrogen-bond acceptors (Lipinski definition) is 5. The lowest BCUT2D eigenvalue weighted by molar-refractivity contribution is -0.384. The Morgan fingerprint density at radius 2 is 2.28 bits per heavy atom. The fourth-order valence-electron chi connectivity index (χ4n) is 1.11. The summed E-state index contributed by atoms with van der Waals surface area (Å²) in [5, 5.41) is 21.4. The van der Waals surface area contributed by atoms with E-state index in [-0.39, 0.29) is 36.2 Å². The number of carbonyl (C=O) groups excluding carboxylic acids is 1. The molecule has 2 N–H and O–H groups in total. The number of carbonyl (C=O) groups is 1. The normalized spacial score (nSPS) is 9.89. The van der Waals surface area contributed by atoms with Gasteiger partial charge in [-0.25, -0.2) is 0 Å². The third-order valence-electron chi connectivity index (χ3n) is 1.92. The molecule has 0 fully saturated rings. The summed E-state index contributed by atoms with van der Waals surface area (Å²) in [7, 11) is 0. The van der Waals surface area contributed by atoms with E-state index in [1.54, 1.807) is 0 Å². The van der Waals surface area contributed by atoms with E-state index in [0.29, 0.717) is 0 Å². The van der Waals surface area contributed by atoms with Crippen LogP contribution in [-0.2, 0) is 4.79 Å². The lowest BCUT2D eigenvalue weighted by atomic mass is 10.3. The lowest BCUT2D eigenvalue weighted by Gasteiger charge is -2.07. The van der Waals surface area contributed by atoms with Gasteiger partial charge in [-0.3, -0.25) is 14.9 Å². The van der Waals surface area contributed by atoms with Crippen LogP contribution in [0.2, 0.25) is 5.02 Å². The number of ether oxygens (including phenoxy) is 1. The largest absolute Gasteiger partial charge is 0.482 e. The first-order valence-corrected chi connectivity index (χ1v) is 5.36. The molecule has 98 valence electrons. The number of nitro benzene ring substituents is 1. The van der Waals surface area contributed by atoms with Gasteiger partial charge in [0.15, 0.2) is 6.61 Å². The van der Waals surface area contributed by atoms with E-state index in [1.165, 1.54) is 12.1 Å². The van der Waals surface area contributed by atoms with Crippen molar-refractivity contribution in [3.8, 4) is 5.75 Å². The summed E-state index contributed by atoms with van der Waals surface area (Å²) in [5.41, 5.74) is -0.155. The minimum atomic E-state index is -0.580. The fraction of sp³-hybridized carbons (Fsp3) is 0.300. The zero-order chi connectivity index (χ0) is 13.5. The highest BCUT2D eigenvalue weighted by molar-refractivity contribution is 6.32. The third-order valence-corrected chi connectivity index (χ3v) is 2.21. The number of nitrogens with zero attached hydrogens (tertiary/aromatic N) is 1. The van der Waals surface area contributed by atoms with Gasteiger partial charge >= 0.3 is 0 Å². The molecule has 0 saturated heterocycles. The van der Waals surface area contributed by atoms with Gasteiger partial charge < -0.3 is 15.2 Å². The van der Waals surface area contributed by atoms with Crippen molar-refractivity contribution in [2.45, 2.75) is 0 Å². The molecule has 0 unspecified atom stereocenters. The van der Waals surface area contributed by atoms with Gasteiger partial charge in [0, 0.05) is 18.7 Å². The average molecular weight is 275 g/mol. The summed E-state index contributed by atoms with van der Waals surface area (Å²) in [5.74, 6) is -0.236. The van der Waals surface area contributed by atoms with Crippen molar-refractivity contribution < 1.29 is 19.6 Å². The highest BCUT2D eigenvalue weighted by atomic mass is 35.5. The standard InChI is InChI=1S/C10H11ClN2O5/c11-8-5-7(13(16)17)1-2-9(8)18-6-10(15)12-3-4-14/h1-2,5,14H,3-4,6H2,(H,12,15). The highest BCUT2D eigenvalue weighted by Gasteiger charge is 2.11. The maximum atomic E-state index is 11.2. The van der Waals surface area contributed by atoms with Crippen molar-refractivity contribution in [2.24, 2.45) is 0 Å². The number of aliphatic hydroxyl groups excluding tert-OH is 1. The third kappa shape index (κ3) is 4.19. The molecule has 0 heterocycles.